The Morgan fingerprint density at radius 3 is 2.68 bits per heavy atom. The number of carbonyl (C=O) groups is 1. The Morgan fingerprint density at radius 2 is 1.96 bits per heavy atom. The van der Waals surface area contributed by atoms with Crippen molar-refractivity contribution in [3.63, 3.8) is 0 Å². The predicted molar refractivity (Wildman–Crippen MR) is 96.7 cm³/mol. The number of esters is 1. The zero-order chi connectivity index (χ0) is 17.8. The predicted octanol–water partition coefficient (Wildman–Crippen LogP) is 2.23. The van der Waals surface area contributed by atoms with E-state index in [1.54, 1.807) is 6.07 Å². The third kappa shape index (κ3) is 4.43. The molecule has 3 rings (SSSR count). The van der Waals surface area contributed by atoms with Crippen LogP contribution in [0.5, 0.6) is 0 Å². The molecule has 0 saturated carbocycles. The molecule has 0 N–H and O–H groups in total. The lowest BCUT2D eigenvalue weighted by Gasteiger charge is -2.40. The van der Waals surface area contributed by atoms with Gasteiger partial charge in [0.05, 0.1) is 13.2 Å². The molecular formula is C19H31N3O3. The van der Waals surface area contributed by atoms with Gasteiger partial charge in [0.1, 0.15) is 5.76 Å². The first-order valence-corrected chi connectivity index (χ1v) is 9.43. The molecular weight excluding hydrogens is 318 g/mol. The van der Waals surface area contributed by atoms with Gasteiger partial charge in [0, 0.05) is 38.8 Å². The van der Waals surface area contributed by atoms with Crippen LogP contribution in [0.3, 0.4) is 0 Å². The minimum Gasteiger partial charge on any atom is -0.463 e. The normalized spacial score (nSPS) is 25.5. The highest BCUT2D eigenvalue weighted by Gasteiger charge is 2.29. The van der Waals surface area contributed by atoms with Gasteiger partial charge in [-0.05, 0) is 45.5 Å². The van der Waals surface area contributed by atoms with Crippen LogP contribution in [0.2, 0.25) is 0 Å². The smallest absolute Gasteiger partial charge is 0.373 e. The number of rotatable bonds is 4. The summed E-state index contributed by atoms with van der Waals surface area (Å²) in [5.74, 6) is 0.721. The van der Waals surface area contributed by atoms with E-state index in [1.807, 2.05) is 6.07 Å². The summed E-state index contributed by atoms with van der Waals surface area (Å²) in [6, 6.07) is 4.42. The van der Waals surface area contributed by atoms with Gasteiger partial charge in [-0.2, -0.15) is 0 Å². The second-order valence-electron chi connectivity index (χ2n) is 7.35. The van der Waals surface area contributed by atoms with Gasteiger partial charge in [0.15, 0.2) is 0 Å². The fourth-order valence-electron chi connectivity index (χ4n) is 3.95. The highest BCUT2D eigenvalue weighted by Crippen LogP contribution is 2.27. The van der Waals surface area contributed by atoms with E-state index in [-0.39, 0.29) is 11.8 Å². The van der Waals surface area contributed by atoms with Crippen molar-refractivity contribution in [2.75, 3.05) is 53.4 Å². The van der Waals surface area contributed by atoms with E-state index >= 15 is 0 Å². The van der Waals surface area contributed by atoms with E-state index in [2.05, 4.69) is 28.7 Å². The van der Waals surface area contributed by atoms with Gasteiger partial charge in [0.25, 0.3) is 0 Å². The van der Waals surface area contributed by atoms with Crippen molar-refractivity contribution < 1.29 is 13.9 Å². The van der Waals surface area contributed by atoms with E-state index in [0.717, 1.165) is 45.0 Å². The van der Waals surface area contributed by atoms with Crippen LogP contribution in [-0.2, 0) is 4.74 Å². The molecule has 1 aromatic heterocycles. The fourth-order valence-corrected chi connectivity index (χ4v) is 3.95. The number of piperazine rings is 1. The summed E-state index contributed by atoms with van der Waals surface area (Å²) in [6.45, 7) is 8.97. The largest absolute Gasteiger partial charge is 0.463 e. The Morgan fingerprint density at radius 1 is 1.20 bits per heavy atom. The SMILES string of the molecule is COC(=O)c1ccc([C@H](C)N2CCCC[C@@H](N3CCN(C)CC3)C2)o1. The number of hydrogen-bond donors (Lipinski definition) is 0. The van der Waals surface area contributed by atoms with E-state index in [4.69, 9.17) is 9.15 Å². The van der Waals surface area contributed by atoms with E-state index in [1.165, 1.54) is 26.4 Å². The summed E-state index contributed by atoms with van der Waals surface area (Å²) in [6.07, 6.45) is 3.78. The summed E-state index contributed by atoms with van der Waals surface area (Å²) in [5, 5.41) is 0. The van der Waals surface area contributed by atoms with Crippen LogP contribution in [0.1, 0.15) is 48.5 Å². The second-order valence-corrected chi connectivity index (χ2v) is 7.35. The molecule has 2 fully saturated rings. The number of nitrogens with zero attached hydrogens (tertiary/aromatic N) is 3. The third-order valence-corrected chi connectivity index (χ3v) is 5.71. The minimum absolute atomic E-state index is 0.173. The molecule has 2 saturated heterocycles. The van der Waals surface area contributed by atoms with Gasteiger partial charge in [-0.1, -0.05) is 6.42 Å². The highest BCUT2D eigenvalue weighted by atomic mass is 16.5. The monoisotopic (exact) mass is 349 g/mol. The molecule has 140 valence electrons. The molecule has 0 aliphatic carbocycles. The van der Waals surface area contributed by atoms with Crippen molar-refractivity contribution in [1.29, 1.82) is 0 Å². The second kappa shape index (κ2) is 8.34. The maximum absolute atomic E-state index is 11.6. The molecule has 2 aliphatic heterocycles. The van der Waals surface area contributed by atoms with Crippen LogP contribution in [-0.4, -0.2) is 80.1 Å². The molecule has 0 bridgehead atoms. The lowest BCUT2D eigenvalue weighted by atomic mass is 10.1. The van der Waals surface area contributed by atoms with Crippen LogP contribution < -0.4 is 0 Å². The van der Waals surface area contributed by atoms with Gasteiger partial charge in [-0.25, -0.2) is 4.79 Å². The van der Waals surface area contributed by atoms with Gasteiger partial charge >= 0.3 is 5.97 Å². The number of ether oxygens (including phenoxy) is 1. The molecule has 0 unspecified atom stereocenters. The summed E-state index contributed by atoms with van der Waals surface area (Å²) in [5.41, 5.74) is 0. The Balaban J connectivity index is 1.65. The Hall–Kier alpha value is -1.37. The average Bonchev–Trinajstić information content (AvgIpc) is 2.99. The molecule has 25 heavy (non-hydrogen) atoms. The maximum Gasteiger partial charge on any atom is 0.373 e. The molecule has 6 heteroatoms. The van der Waals surface area contributed by atoms with Gasteiger partial charge in [-0.15, -0.1) is 0 Å². The van der Waals surface area contributed by atoms with E-state index in [0.29, 0.717) is 6.04 Å². The van der Waals surface area contributed by atoms with Crippen LogP contribution >= 0.6 is 0 Å². The quantitative estimate of drug-likeness (QED) is 0.777. The lowest BCUT2D eigenvalue weighted by molar-refractivity contribution is 0.0553. The average molecular weight is 349 g/mol. The minimum atomic E-state index is -0.412. The van der Waals surface area contributed by atoms with Gasteiger partial charge < -0.3 is 14.1 Å². The van der Waals surface area contributed by atoms with Crippen molar-refractivity contribution >= 4 is 5.97 Å². The zero-order valence-corrected chi connectivity index (χ0v) is 15.7. The first kappa shape index (κ1) is 18.4. The zero-order valence-electron chi connectivity index (χ0n) is 15.7. The maximum atomic E-state index is 11.6. The number of hydrogen-bond acceptors (Lipinski definition) is 6. The summed E-state index contributed by atoms with van der Waals surface area (Å²) in [4.78, 5) is 19.2. The summed E-state index contributed by atoms with van der Waals surface area (Å²) >= 11 is 0. The first-order valence-electron chi connectivity index (χ1n) is 9.43. The van der Waals surface area contributed by atoms with Crippen molar-refractivity contribution in [1.82, 2.24) is 14.7 Å². The summed E-state index contributed by atoms with van der Waals surface area (Å²) in [7, 11) is 3.58. The number of likely N-dealkylation sites (N-methyl/N-ethyl adjacent to an activating group) is 1. The molecule has 2 atom stereocenters. The van der Waals surface area contributed by atoms with E-state index in [9.17, 15) is 4.79 Å². The van der Waals surface area contributed by atoms with Crippen molar-refractivity contribution in [3.05, 3.63) is 23.7 Å². The fraction of sp³-hybridized carbons (Fsp3) is 0.737. The van der Waals surface area contributed by atoms with Crippen LogP contribution in [0, 0.1) is 0 Å². The number of carbonyl (C=O) groups excluding carboxylic acids is 1. The molecule has 6 nitrogen and oxygen atoms in total. The molecule has 0 radical (unpaired) electrons. The number of furan rings is 1. The Kier molecular flexibility index (Phi) is 6.15. The summed E-state index contributed by atoms with van der Waals surface area (Å²) < 4.78 is 10.5. The van der Waals surface area contributed by atoms with Gasteiger partial charge in [-0.3, -0.25) is 9.80 Å². The van der Waals surface area contributed by atoms with Crippen molar-refractivity contribution in [3.8, 4) is 0 Å². The van der Waals surface area contributed by atoms with E-state index < -0.39 is 5.97 Å². The van der Waals surface area contributed by atoms with Crippen LogP contribution in [0.25, 0.3) is 0 Å². The van der Waals surface area contributed by atoms with Crippen LogP contribution in [0.4, 0.5) is 0 Å². The van der Waals surface area contributed by atoms with Crippen molar-refractivity contribution in [2.24, 2.45) is 0 Å². The molecule has 0 spiro atoms. The topological polar surface area (TPSA) is 49.2 Å². The molecule has 2 aliphatic rings. The van der Waals surface area contributed by atoms with Crippen LogP contribution in [0.15, 0.2) is 16.5 Å². The molecule has 3 heterocycles. The Labute approximate surface area is 150 Å². The third-order valence-electron chi connectivity index (χ3n) is 5.71. The van der Waals surface area contributed by atoms with Gasteiger partial charge in [0.2, 0.25) is 5.76 Å². The lowest BCUT2D eigenvalue weighted by Crippen LogP contribution is -2.52. The Bertz CT molecular complexity index is 566. The number of likely N-dealkylation sites (tertiary alicyclic amines) is 1. The standard InChI is InChI=1S/C19H31N3O3/c1-15(17-7-8-18(25-17)19(23)24-3)22-9-5-4-6-16(14-22)21-12-10-20(2)11-13-21/h7-8,15-16H,4-6,9-14H2,1-3H3/t15-,16+/m0/s1. The molecule has 1 aromatic rings. The van der Waals surface area contributed by atoms with Crippen molar-refractivity contribution in [2.45, 2.75) is 38.3 Å². The highest BCUT2D eigenvalue weighted by molar-refractivity contribution is 5.86. The molecule has 0 amide bonds. The number of methoxy groups -OCH3 is 1. The molecule has 0 aromatic carbocycles. The first-order chi connectivity index (χ1) is 12.1.